The van der Waals surface area contributed by atoms with Gasteiger partial charge in [-0.05, 0) is 43.2 Å². The zero-order chi connectivity index (χ0) is 11.2. The second-order valence-corrected chi connectivity index (χ2v) is 6.69. The van der Waals surface area contributed by atoms with Crippen molar-refractivity contribution in [2.45, 2.75) is 32.7 Å². The van der Waals surface area contributed by atoms with E-state index in [0.29, 0.717) is 0 Å². The molecule has 1 N–H and O–H groups in total. The molecule has 0 unspecified atom stereocenters. The molecule has 16 heavy (non-hydrogen) atoms. The number of nitrogens with zero attached hydrogens (tertiary/aromatic N) is 1. The van der Waals surface area contributed by atoms with Gasteiger partial charge in [-0.25, -0.2) is 4.98 Å². The van der Waals surface area contributed by atoms with Crippen molar-refractivity contribution in [3.63, 3.8) is 0 Å². The van der Waals surface area contributed by atoms with Gasteiger partial charge in [-0.2, -0.15) is 11.8 Å². The lowest BCUT2D eigenvalue weighted by Gasteiger charge is -2.21. The quantitative estimate of drug-likeness (QED) is 0.877. The minimum absolute atomic E-state index is 0.903. The molecule has 90 valence electrons. The molecule has 0 aliphatic carbocycles. The predicted octanol–water partition coefficient (Wildman–Crippen LogP) is 2.94. The molecule has 0 aromatic carbocycles. The van der Waals surface area contributed by atoms with Crippen molar-refractivity contribution in [2.24, 2.45) is 5.92 Å². The summed E-state index contributed by atoms with van der Waals surface area (Å²) in [4.78, 5) is 5.75. The molecular formula is C12H20N2S2. The van der Waals surface area contributed by atoms with Crippen LogP contribution in [0, 0.1) is 5.92 Å². The van der Waals surface area contributed by atoms with Gasteiger partial charge in [0.1, 0.15) is 0 Å². The van der Waals surface area contributed by atoms with E-state index in [9.17, 15) is 0 Å². The van der Waals surface area contributed by atoms with Crippen molar-refractivity contribution in [1.29, 1.82) is 0 Å². The zero-order valence-electron chi connectivity index (χ0n) is 9.87. The van der Waals surface area contributed by atoms with E-state index >= 15 is 0 Å². The summed E-state index contributed by atoms with van der Waals surface area (Å²) in [6.07, 6.45) is 5.86. The van der Waals surface area contributed by atoms with E-state index in [1.165, 1.54) is 40.8 Å². The minimum atomic E-state index is 0.903. The molecule has 1 aromatic rings. The van der Waals surface area contributed by atoms with E-state index in [-0.39, 0.29) is 0 Å². The number of hydrogen-bond acceptors (Lipinski definition) is 4. The third kappa shape index (κ3) is 3.75. The van der Waals surface area contributed by atoms with Crippen molar-refractivity contribution in [3.05, 3.63) is 16.1 Å². The fourth-order valence-electron chi connectivity index (χ4n) is 1.94. The first kappa shape index (κ1) is 12.4. The Balaban J connectivity index is 1.66. The summed E-state index contributed by atoms with van der Waals surface area (Å²) in [6, 6.07) is 0. The number of thioether (sulfide) groups is 1. The van der Waals surface area contributed by atoms with Crippen molar-refractivity contribution < 1.29 is 0 Å². The van der Waals surface area contributed by atoms with Gasteiger partial charge in [0, 0.05) is 17.6 Å². The summed E-state index contributed by atoms with van der Waals surface area (Å²) in [5.41, 5.74) is 0. The van der Waals surface area contributed by atoms with Crippen molar-refractivity contribution in [3.8, 4) is 0 Å². The van der Waals surface area contributed by atoms with Gasteiger partial charge in [0.25, 0.3) is 0 Å². The first-order chi connectivity index (χ1) is 7.88. The van der Waals surface area contributed by atoms with Crippen LogP contribution >= 0.6 is 23.1 Å². The molecule has 2 heterocycles. The number of hydrogen-bond donors (Lipinski definition) is 1. The molecule has 4 heteroatoms. The first-order valence-corrected chi connectivity index (χ1v) is 8.07. The zero-order valence-corrected chi connectivity index (χ0v) is 11.5. The standard InChI is InChI=1S/C12H20N2S2/c1-2-12-14-9-11(16-12)8-13-7-10-3-5-15-6-4-10/h9-10,13H,2-8H2,1H3. The van der Waals surface area contributed by atoms with E-state index in [0.717, 1.165) is 18.9 Å². The second kappa shape index (κ2) is 6.62. The molecular weight excluding hydrogens is 236 g/mol. The van der Waals surface area contributed by atoms with Crippen LogP contribution in [0.15, 0.2) is 6.20 Å². The van der Waals surface area contributed by atoms with Gasteiger partial charge >= 0.3 is 0 Å². The monoisotopic (exact) mass is 256 g/mol. The third-order valence-electron chi connectivity index (χ3n) is 2.98. The maximum atomic E-state index is 4.38. The molecule has 0 bridgehead atoms. The van der Waals surface area contributed by atoms with Gasteiger partial charge < -0.3 is 5.32 Å². The second-order valence-electron chi connectivity index (χ2n) is 4.26. The molecule has 0 saturated carbocycles. The Morgan fingerprint density at radius 1 is 1.44 bits per heavy atom. The maximum Gasteiger partial charge on any atom is 0.0925 e. The van der Waals surface area contributed by atoms with Gasteiger partial charge in [0.2, 0.25) is 0 Å². The molecule has 1 aliphatic rings. The summed E-state index contributed by atoms with van der Waals surface area (Å²) in [5, 5.41) is 4.83. The SMILES string of the molecule is CCc1ncc(CNCC2CCSCC2)s1. The Bertz CT molecular complexity index is 306. The molecule has 0 amide bonds. The first-order valence-electron chi connectivity index (χ1n) is 6.10. The summed E-state index contributed by atoms with van der Waals surface area (Å²) in [6.45, 7) is 4.34. The highest BCUT2D eigenvalue weighted by molar-refractivity contribution is 7.99. The minimum Gasteiger partial charge on any atom is -0.312 e. The molecule has 0 radical (unpaired) electrons. The Labute approximate surface area is 106 Å². The van der Waals surface area contributed by atoms with Crippen LogP contribution in [0.4, 0.5) is 0 Å². The van der Waals surface area contributed by atoms with Crippen LogP contribution in [0.25, 0.3) is 0 Å². The van der Waals surface area contributed by atoms with Crippen LogP contribution in [0.2, 0.25) is 0 Å². The number of rotatable bonds is 5. The van der Waals surface area contributed by atoms with E-state index in [1.807, 2.05) is 17.5 Å². The number of aromatic nitrogens is 1. The molecule has 0 spiro atoms. The smallest absolute Gasteiger partial charge is 0.0925 e. The van der Waals surface area contributed by atoms with E-state index in [2.05, 4.69) is 29.0 Å². The molecule has 1 saturated heterocycles. The van der Waals surface area contributed by atoms with Crippen molar-refractivity contribution >= 4 is 23.1 Å². The molecule has 1 fully saturated rings. The number of aryl methyl sites for hydroxylation is 1. The molecule has 2 nitrogen and oxygen atoms in total. The summed E-state index contributed by atoms with van der Waals surface area (Å²) < 4.78 is 0. The van der Waals surface area contributed by atoms with Crippen LogP contribution in [-0.2, 0) is 13.0 Å². The van der Waals surface area contributed by atoms with Gasteiger partial charge in [-0.3, -0.25) is 0 Å². The normalized spacial score (nSPS) is 17.8. The Morgan fingerprint density at radius 2 is 2.25 bits per heavy atom. The van der Waals surface area contributed by atoms with Crippen LogP contribution in [0.5, 0.6) is 0 Å². The average Bonchev–Trinajstić information content (AvgIpc) is 2.78. The van der Waals surface area contributed by atoms with Crippen LogP contribution in [0.1, 0.15) is 29.7 Å². The third-order valence-corrected chi connectivity index (χ3v) is 5.17. The van der Waals surface area contributed by atoms with Gasteiger partial charge in [-0.15, -0.1) is 11.3 Å². The highest BCUT2D eigenvalue weighted by Gasteiger charge is 2.12. The van der Waals surface area contributed by atoms with Crippen LogP contribution in [0.3, 0.4) is 0 Å². The maximum absolute atomic E-state index is 4.38. The molecule has 1 aromatic heterocycles. The summed E-state index contributed by atoms with van der Waals surface area (Å²) in [7, 11) is 0. The van der Waals surface area contributed by atoms with Crippen LogP contribution in [-0.4, -0.2) is 23.0 Å². The lowest BCUT2D eigenvalue weighted by molar-refractivity contribution is 0.448. The highest BCUT2D eigenvalue weighted by Crippen LogP contribution is 2.22. The van der Waals surface area contributed by atoms with E-state index in [1.54, 1.807) is 0 Å². The fourth-order valence-corrected chi connectivity index (χ4v) is 3.98. The Hall–Kier alpha value is -0.0600. The van der Waals surface area contributed by atoms with Crippen LogP contribution < -0.4 is 5.32 Å². The molecule has 0 atom stereocenters. The summed E-state index contributed by atoms with van der Waals surface area (Å²) in [5.74, 6) is 3.61. The lowest BCUT2D eigenvalue weighted by Crippen LogP contribution is -2.25. The van der Waals surface area contributed by atoms with E-state index in [4.69, 9.17) is 0 Å². The predicted molar refractivity (Wildman–Crippen MR) is 73.2 cm³/mol. The topological polar surface area (TPSA) is 24.9 Å². The fraction of sp³-hybridized carbons (Fsp3) is 0.750. The van der Waals surface area contributed by atoms with Gasteiger partial charge in [0.05, 0.1) is 5.01 Å². The highest BCUT2D eigenvalue weighted by atomic mass is 32.2. The number of thiazole rings is 1. The largest absolute Gasteiger partial charge is 0.312 e. The Kier molecular flexibility index (Phi) is 5.13. The van der Waals surface area contributed by atoms with Crippen molar-refractivity contribution in [2.75, 3.05) is 18.1 Å². The molecule has 1 aliphatic heterocycles. The van der Waals surface area contributed by atoms with Gasteiger partial charge in [0.15, 0.2) is 0 Å². The number of nitrogens with one attached hydrogen (secondary N) is 1. The Morgan fingerprint density at radius 3 is 2.94 bits per heavy atom. The average molecular weight is 256 g/mol. The molecule has 2 rings (SSSR count). The summed E-state index contributed by atoms with van der Waals surface area (Å²) >= 11 is 3.94. The van der Waals surface area contributed by atoms with Crippen molar-refractivity contribution in [1.82, 2.24) is 10.3 Å². The van der Waals surface area contributed by atoms with Gasteiger partial charge in [-0.1, -0.05) is 6.92 Å². The lowest BCUT2D eigenvalue weighted by atomic mass is 10.0. The van der Waals surface area contributed by atoms with E-state index < -0.39 is 0 Å².